The molecule has 3 heterocycles. The van der Waals surface area contributed by atoms with Crippen LogP contribution in [-0.2, 0) is 0 Å². The van der Waals surface area contributed by atoms with Gasteiger partial charge in [0.15, 0.2) is 0 Å². The number of rotatable bonds is 4. The molecule has 0 aliphatic heterocycles. The minimum atomic E-state index is -0.183. The summed E-state index contributed by atoms with van der Waals surface area (Å²) in [4.78, 5) is 26.0. The second-order valence-electron chi connectivity index (χ2n) is 5.79. The van der Waals surface area contributed by atoms with E-state index in [-0.39, 0.29) is 5.91 Å². The Labute approximate surface area is 142 Å². The molecular formula is C16H16N6OS. The largest absolute Gasteiger partial charge is 0.306 e. The van der Waals surface area contributed by atoms with E-state index in [1.165, 1.54) is 11.3 Å². The van der Waals surface area contributed by atoms with Crippen LogP contribution in [0.15, 0.2) is 24.5 Å². The normalized spacial score (nSPS) is 13.9. The smallest absolute Gasteiger partial charge is 0.268 e. The van der Waals surface area contributed by atoms with Crippen molar-refractivity contribution in [2.24, 2.45) is 0 Å². The first-order valence-corrected chi connectivity index (χ1v) is 8.56. The fourth-order valence-corrected chi connectivity index (χ4v) is 3.35. The molecular weight excluding hydrogens is 324 g/mol. The molecule has 4 rings (SSSR count). The summed E-state index contributed by atoms with van der Waals surface area (Å²) in [6, 6.07) is 3.66. The van der Waals surface area contributed by atoms with Gasteiger partial charge in [-0.05, 0) is 32.8 Å². The van der Waals surface area contributed by atoms with E-state index in [1.807, 2.05) is 19.9 Å². The maximum absolute atomic E-state index is 12.6. The Morgan fingerprint density at radius 1 is 1.29 bits per heavy atom. The maximum Gasteiger partial charge on any atom is 0.268 e. The maximum atomic E-state index is 12.6. The van der Waals surface area contributed by atoms with Gasteiger partial charge in [0.1, 0.15) is 10.7 Å². The van der Waals surface area contributed by atoms with Crippen molar-refractivity contribution in [3.8, 4) is 5.95 Å². The fraction of sp³-hybridized carbons (Fsp3) is 0.312. The third-order valence-corrected chi connectivity index (χ3v) is 4.89. The van der Waals surface area contributed by atoms with Crippen LogP contribution in [0.1, 0.15) is 44.8 Å². The molecule has 1 amide bonds. The van der Waals surface area contributed by atoms with Crippen LogP contribution in [0.2, 0.25) is 0 Å². The van der Waals surface area contributed by atoms with Gasteiger partial charge in [0, 0.05) is 24.4 Å². The number of amides is 1. The molecule has 1 fully saturated rings. The first-order valence-electron chi connectivity index (χ1n) is 7.74. The summed E-state index contributed by atoms with van der Waals surface area (Å²) in [7, 11) is 0. The summed E-state index contributed by atoms with van der Waals surface area (Å²) >= 11 is 1.38. The zero-order valence-corrected chi connectivity index (χ0v) is 14.2. The van der Waals surface area contributed by atoms with Crippen LogP contribution in [0.25, 0.3) is 5.95 Å². The lowest BCUT2D eigenvalue weighted by Gasteiger charge is -2.06. The molecule has 1 saturated carbocycles. The van der Waals surface area contributed by atoms with Crippen molar-refractivity contribution in [2.75, 3.05) is 5.32 Å². The highest BCUT2D eigenvalue weighted by Crippen LogP contribution is 2.40. The van der Waals surface area contributed by atoms with Gasteiger partial charge in [-0.1, -0.05) is 0 Å². The minimum Gasteiger partial charge on any atom is -0.306 e. The van der Waals surface area contributed by atoms with E-state index in [9.17, 15) is 4.79 Å². The highest BCUT2D eigenvalue weighted by atomic mass is 32.1. The number of hydrogen-bond donors (Lipinski definition) is 1. The molecule has 0 atom stereocenters. The highest BCUT2D eigenvalue weighted by Gasteiger charge is 2.28. The number of aryl methyl sites for hydroxylation is 2. The van der Waals surface area contributed by atoms with Crippen LogP contribution < -0.4 is 5.32 Å². The molecule has 1 aliphatic rings. The van der Waals surface area contributed by atoms with Crippen LogP contribution in [0.3, 0.4) is 0 Å². The molecule has 0 aromatic carbocycles. The minimum absolute atomic E-state index is 0.183. The average Bonchev–Trinajstić information content (AvgIpc) is 3.25. The number of carbonyl (C=O) groups is 1. The van der Waals surface area contributed by atoms with Gasteiger partial charge in [-0.25, -0.2) is 15.0 Å². The van der Waals surface area contributed by atoms with E-state index in [2.05, 4.69) is 25.4 Å². The highest BCUT2D eigenvalue weighted by molar-refractivity contribution is 7.13. The summed E-state index contributed by atoms with van der Waals surface area (Å²) in [6.07, 6.45) is 5.58. The average molecular weight is 340 g/mol. The van der Waals surface area contributed by atoms with Gasteiger partial charge in [0.2, 0.25) is 0 Å². The van der Waals surface area contributed by atoms with E-state index < -0.39 is 0 Å². The molecule has 0 spiro atoms. The molecule has 3 aromatic heterocycles. The van der Waals surface area contributed by atoms with Gasteiger partial charge in [-0.15, -0.1) is 11.3 Å². The van der Waals surface area contributed by atoms with Crippen molar-refractivity contribution < 1.29 is 4.79 Å². The van der Waals surface area contributed by atoms with E-state index in [4.69, 9.17) is 0 Å². The second-order valence-corrected chi connectivity index (χ2v) is 6.99. The molecule has 8 heteroatoms. The number of thiazole rings is 1. The van der Waals surface area contributed by atoms with Crippen molar-refractivity contribution in [1.82, 2.24) is 24.7 Å². The van der Waals surface area contributed by atoms with Gasteiger partial charge < -0.3 is 5.32 Å². The first kappa shape index (κ1) is 14.9. The number of hydrogen-bond acceptors (Lipinski definition) is 6. The van der Waals surface area contributed by atoms with Gasteiger partial charge in [-0.2, -0.15) is 9.78 Å². The third kappa shape index (κ3) is 2.80. The Morgan fingerprint density at radius 3 is 2.67 bits per heavy atom. The Morgan fingerprint density at radius 2 is 2.04 bits per heavy atom. The van der Waals surface area contributed by atoms with E-state index in [0.29, 0.717) is 22.6 Å². The van der Waals surface area contributed by atoms with Crippen molar-refractivity contribution in [3.63, 3.8) is 0 Å². The predicted molar refractivity (Wildman–Crippen MR) is 90.7 cm³/mol. The SMILES string of the molecule is Cc1nc(C)c(C(=O)Nc2cc(C3CC3)nn2-c2ncccn2)s1. The Balaban J connectivity index is 1.69. The molecule has 3 aromatic rings. The Bertz CT molecular complexity index is 897. The monoisotopic (exact) mass is 340 g/mol. The molecule has 0 saturated heterocycles. The zero-order valence-electron chi connectivity index (χ0n) is 13.4. The van der Waals surface area contributed by atoms with Crippen molar-refractivity contribution in [3.05, 3.63) is 45.8 Å². The molecule has 0 bridgehead atoms. The van der Waals surface area contributed by atoms with E-state index in [0.717, 1.165) is 29.2 Å². The predicted octanol–water partition coefficient (Wildman–Crippen LogP) is 2.87. The first-order chi connectivity index (χ1) is 11.6. The molecule has 0 radical (unpaired) electrons. The van der Waals surface area contributed by atoms with Crippen LogP contribution in [0.4, 0.5) is 5.82 Å². The molecule has 122 valence electrons. The summed E-state index contributed by atoms with van der Waals surface area (Å²) in [6.45, 7) is 3.73. The van der Waals surface area contributed by atoms with Crippen LogP contribution >= 0.6 is 11.3 Å². The summed E-state index contributed by atoms with van der Waals surface area (Å²) < 4.78 is 1.59. The number of carbonyl (C=O) groups excluding carboxylic acids is 1. The molecule has 24 heavy (non-hydrogen) atoms. The lowest BCUT2D eigenvalue weighted by atomic mass is 10.3. The lowest BCUT2D eigenvalue weighted by Crippen LogP contribution is -2.15. The zero-order chi connectivity index (χ0) is 16.7. The van der Waals surface area contributed by atoms with Gasteiger partial charge >= 0.3 is 0 Å². The van der Waals surface area contributed by atoms with Crippen LogP contribution in [-0.4, -0.2) is 30.6 Å². The Kier molecular flexibility index (Phi) is 3.61. The third-order valence-electron chi connectivity index (χ3n) is 3.82. The van der Waals surface area contributed by atoms with Gasteiger partial charge in [-0.3, -0.25) is 4.79 Å². The Hall–Kier alpha value is -2.61. The number of aromatic nitrogens is 5. The lowest BCUT2D eigenvalue weighted by molar-refractivity contribution is 0.102. The van der Waals surface area contributed by atoms with Crippen molar-refractivity contribution in [2.45, 2.75) is 32.6 Å². The number of anilines is 1. The van der Waals surface area contributed by atoms with Crippen LogP contribution in [0.5, 0.6) is 0 Å². The second kappa shape index (κ2) is 5.79. The fourth-order valence-electron chi connectivity index (χ4n) is 2.54. The van der Waals surface area contributed by atoms with Crippen molar-refractivity contribution >= 4 is 23.1 Å². The quantitative estimate of drug-likeness (QED) is 0.789. The van der Waals surface area contributed by atoms with E-state index >= 15 is 0 Å². The summed E-state index contributed by atoms with van der Waals surface area (Å²) in [5, 5.41) is 8.39. The molecule has 7 nitrogen and oxygen atoms in total. The molecule has 1 N–H and O–H groups in total. The van der Waals surface area contributed by atoms with Gasteiger partial charge in [0.25, 0.3) is 11.9 Å². The topological polar surface area (TPSA) is 85.6 Å². The molecule has 1 aliphatic carbocycles. The van der Waals surface area contributed by atoms with Gasteiger partial charge in [0.05, 0.1) is 16.4 Å². The summed E-state index contributed by atoms with van der Waals surface area (Å²) in [5.41, 5.74) is 1.70. The number of nitrogens with zero attached hydrogens (tertiary/aromatic N) is 5. The van der Waals surface area contributed by atoms with Crippen LogP contribution in [0, 0.1) is 13.8 Å². The summed E-state index contributed by atoms with van der Waals surface area (Å²) in [5.74, 6) is 1.31. The standard InChI is InChI=1S/C16H16N6OS/c1-9-14(24-10(2)19-9)15(23)20-13-8-12(11-4-5-11)21-22(13)16-17-6-3-7-18-16/h3,6-8,11H,4-5H2,1-2H3,(H,20,23). The van der Waals surface area contributed by atoms with E-state index in [1.54, 1.807) is 23.1 Å². The van der Waals surface area contributed by atoms with Crippen molar-refractivity contribution in [1.29, 1.82) is 0 Å². The molecule has 0 unspecified atom stereocenters. The number of nitrogens with one attached hydrogen (secondary N) is 1.